The number of nitrogens with two attached hydrogens (primary N) is 1. The normalized spacial score (nSPS) is 28.1. The van der Waals surface area contributed by atoms with Crippen LogP contribution in [-0.4, -0.2) is 28.7 Å². The van der Waals surface area contributed by atoms with Crippen molar-refractivity contribution in [1.82, 2.24) is 9.88 Å². The van der Waals surface area contributed by atoms with Gasteiger partial charge in [-0.1, -0.05) is 6.07 Å². The maximum absolute atomic E-state index is 5.56. The highest BCUT2D eigenvalue weighted by atomic mass is 32.2. The van der Waals surface area contributed by atoms with E-state index in [1.54, 1.807) is 0 Å². The maximum Gasteiger partial charge on any atom is 0.123 e. The molecule has 1 aromatic heterocycles. The number of hydrogen-bond donors (Lipinski definition) is 1. The van der Waals surface area contributed by atoms with Crippen LogP contribution in [0.4, 0.5) is 5.82 Å². The van der Waals surface area contributed by atoms with Crippen LogP contribution in [-0.2, 0) is 0 Å². The molecule has 4 heteroatoms. The Balaban J connectivity index is 2.19. The van der Waals surface area contributed by atoms with Gasteiger partial charge in [-0.3, -0.25) is 4.90 Å². The molecule has 0 bridgehead atoms. The van der Waals surface area contributed by atoms with E-state index in [2.05, 4.69) is 29.9 Å². The molecule has 1 fully saturated rings. The molecule has 1 aliphatic heterocycles. The fourth-order valence-electron chi connectivity index (χ4n) is 1.59. The van der Waals surface area contributed by atoms with E-state index < -0.39 is 0 Å². The molecular weight excluding hydrogens is 194 g/mol. The first-order valence-electron chi connectivity index (χ1n) is 4.73. The van der Waals surface area contributed by atoms with Gasteiger partial charge in [0.1, 0.15) is 5.82 Å². The minimum atomic E-state index is 0.443. The molecule has 76 valence electrons. The predicted octanol–water partition coefficient (Wildman–Crippen LogP) is 1.73. The number of aromatic nitrogens is 1. The lowest BCUT2D eigenvalue weighted by Crippen LogP contribution is -2.25. The summed E-state index contributed by atoms with van der Waals surface area (Å²) in [6.07, 6.45) is 1.88. The van der Waals surface area contributed by atoms with Crippen LogP contribution in [0.25, 0.3) is 0 Å². The van der Waals surface area contributed by atoms with Crippen LogP contribution >= 0.6 is 11.8 Å². The Bertz CT molecular complexity index is 312. The van der Waals surface area contributed by atoms with Gasteiger partial charge >= 0.3 is 0 Å². The van der Waals surface area contributed by atoms with Gasteiger partial charge in [-0.05, 0) is 25.6 Å². The molecule has 0 aromatic carbocycles. The molecular formula is C10H15N3S. The van der Waals surface area contributed by atoms with Crippen LogP contribution in [0.15, 0.2) is 18.3 Å². The summed E-state index contributed by atoms with van der Waals surface area (Å²) in [5, 5.41) is 0.443. The van der Waals surface area contributed by atoms with E-state index in [9.17, 15) is 0 Å². The number of nitrogen functional groups attached to an aromatic ring is 1. The Morgan fingerprint density at radius 2 is 2.36 bits per heavy atom. The molecule has 0 aliphatic carbocycles. The first-order chi connectivity index (χ1) is 6.68. The van der Waals surface area contributed by atoms with Crippen LogP contribution in [0.3, 0.4) is 0 Å². The lowest BCUT2D eigenvalue weighted by Gasteiger charge is -2.21. The molecule has 0 spiro atoms. The quantitative estimate of drug-likeness (QED) is 0.765. The van der Waals surface area contributed by atoms with Gasteiger partial charge in [-0.15, -0.1) is 11.8 Å². The fraction of sp³-hybridized carbons (Fsp3) is 0.500. The van der Waals surface area contributed by atoms with E-state index in [0.29, 0.717) is 17.2 Å². The van der Waals surface area contributed by atoms with E-state index in [4.69, 9.17) is 5.73 Å². The van der Waals surface area contributed by atoms with E-state index in [0.717, 1.165) is 0 Å². The minimum Gasteiger partial charge on any atom is -0.384 e. The smallest absolute Gasteiger partial charge is 0.123 e. The number of anilines is 1. The second-order valence-corrected chi connectivity index (χ2v) is 4.83. The molecule has 2 unspecified atom stereocenters. The summed E-state index contributed by atoms with van der Waals surface area (Å²) in [6.45, 7) is 2.25. The lowest BCUT2D eigenvalue weighted by atomic mass is 10.2. The van der Waals surface area contributed by atoms with Crippen molar-refractivity contribution in [3.8, 4) is 0 Å². The molecule has 1 aliphatic rings. The second kappa shape index (κ2) is 3.79. The monoisotopic (exact) mass is 209 g/mol. The molecule has 2 rings (SSSR count). The van der Waals surface area contributed by atoms with E-state index in [1.165, 1.54) is 11.3 Å². The van der Waals surface area contributed by atoms with Gasteiger partial charge in [0.15, 0.2) is 0 Å². The molecule has 1 aromatic rings. The number of hydrogen-bond acceptors (Lipinski definition) is 4. The maximum atomic E-state index is 5.56. The van der Waals surface area contributed by atoms with Crippen molar-refractivity contribution in [2.75, 3.05) is 18.5 Å². The lowest BCUT2D eigenvalue weighted by molar-refractivity contribution is 0.282. The zero-order valence-electron chi connectivity index (χ0n) is 8.47. The number of thioether (sulfide) groups is 1. The Morgan fingerprint density at radius 3 is 2.86 bits per heavy atom. The highest BCUT2D eigenvalue weighted by Gasteiger charge is 2.28. The molecule has 2 N–H and O–H groups in total. The third-order valence-corrected chi connectivity index (χ3v) is 4.25. The summed E-state index contributed by atoms with van der Waals surface area (Å²) >= 11 is 1.96. The zero-order chi connectivity index (χ0) is 10.1. The van der Waals surface area contributed by atoms with Crippen LogP contribution in [0.2, 0.25) is 0 Å². The standard InChI is InChI=1S/C10H15N3S/c1-7-6-14-10(13(7)2)8-3-4-9(11)12-5-8/h3-5,7,10H,6H2,1-2H3,(H2,11,12). The Kier molecular flexibility index (Phi) is 2.65. The molecule has 14 heavy (non-hydrogen) atoms. The first-order valence-corrected chi connectivity index (χ1v) is 5.78. The highest BCUT2D eigenvalue weighted by molar-refractivity contribution is 7.99. The van der Waals surface area contributed by atoms with Gasteiger partial charge < -0.3 is 5.73 Å². The average Bonchev–Trinajstić information content (AvgIpc) is 2.50. The first kappa shape index (κ1) is 9.80. The van der Waals surface area contributed by atoms with Crippen molar-refractivity contribution in [3.05, 3.63) is 23.9 Å². The van der Waals surface area contributed by atoms with Crippen LogP contribution in [0.1, 0.15) is 17.9 Å². The summed E-state index contributed by atoms with van der Waals surface area (Å²) < 4.78 is 0. The highest BCUT2D eigenvalue weighted by Crippen LogP contribution is 2.39. The van der Waals surface area contributed by atoms with E-state index in [-0.39, 0.29) is 0 Å². The Morgan fingerprint density at radius 1 is 1.57 bits per heavy atom. The topological polar surface area (TPSA) is 42.1 Å². The second-order valence-electron chi connectivity index (χ2n) is 3.72. The zero-order valence-corrected chi connectivity index (χ0v) is 9.29. The van der Waals surface area contributed by atoms with Crippen LogP contribution in [0, 0.1) is 0 Å². The SMILES string of the molecule is CC1CSC(c2ccc(N)nc2)N1C. The molecule has 0 saturated carbocycles. The molecule has 0 amide bonds. The van der Waals surface area contributed by atoms with Crippen molar-refractivity contribution in [3.63, 3.8) is 0 Å². The van der Waals surface area contributed by atoms with Gasteiger partial charge in [0.25, 0.3) is 0 Å². The van der Waals surface area contributed by atoms with Gasteiger partial charge in [0.05, 0.1) is 5.37 Å². The molecule has 2 atom stereocenters. The minimum absolute atomic E-state index is 0.443. The van der Waals surface area contributed by atoms with Crippen molar-refractivity contribution in [2.45, 2.75) is 18.3 Å². The molecule has 3 nitrogen and oxygen atoms in total. The Hall–Kier alpha value is -0.740. The van der Waals surface area contributed by atoms with Crippen LogP contribution < -0.4 is 5.73 Å². The van der Waals surface area contributed by atoms with Gasteiger partial charge in [-0.25, -0.2) is 4.98 Å². The van der Waals surface area contributed by atoms with E-state index in [1.807, 2.05) is 24.0 Å². The van der Waals surface area contributed by atoms with Crippen molar-refractivity contribution >= 4 is 17.6 Å². The molecule has 0 radical (unpaired) electrons. The number of nitrogens with zero attached hydrogens (tertiary/aromatic N) is 2. The van der Waals surface area contributed by atoms with Gasteiger partial charge in [0.2, 0.25) is 0 Å². The largest absolute Gasteiger partial charge is 0.384 e. The number of pyridine rings is 1. The van der Waals surface area contributed by atoms with Crippen LogP contribution in [0.5, 0.6) is 0 Å². The van der Waals surface area contributed by atoms with Gasteiger partial charge in [-0.2, -0.15) is 0 Å². The predicted molar refractivity (Wildman–Crippen MR) is 61.1 cm³/mol. The average molecular weight is 209 g/mol. The number of rotatable bonds is 1. The molecule has 2 heterocycles. The summed E-state index contributed by atoms with van der Waals surface area (Å²) in [4.78, 5) is 6.49. The van der Waals surface area contributed by atoms with E-state index >= 15 is 0 Å². The molecule has 1 saturated heterocycles. The van der Waals surface area contributed by atoms with Gasteiger partial charge in [0, 0.05) is 18.0 Å². The third kappa shape index (κ3) is 1.72. The van der Waals surface area contributed by atoms with Crippen molar-refractivity contribution in [1.29, 1.82) is 0 Å². The summed E-state index contributed by atoms with van der Waals surface area (Å²) in [5.41, 5.74) is 6.80. The third-order valence-electron chi connectivity index (χ3n) is 2.65. The Labute approximate surface area is 88.7 Å². The summed E-state index contributed by atoms with van der Waals surface area (Å²) in [7, 11) is 2.16. The van der Waals surface area contributed by atoms with Crippen molar-refractivity contribution in [2.24, 2.45) is 0 Å². The fourth-order valence-corrected chi connectivity index (χ4v) is 3.06. The summed E-state index contributed by atoms with van der Waals surface area (Å²) in [5.74, 6) is 1.78. The summed E-state index contributed by atoms with van der Waals surface area (Å²) in [6, 6.07) is 4.57. The van der Waals surface area contributed by atoms with Crippen molar-refractivity contribution < 1.29 is 0 Å².